The summed E-state index contributed by atoms with van der Waals surface area (Å²) in [5.41, 5.74) is -1.09. The fourth-order valence-electron chi connectivity index (χ4n) is 4.41. The minimum Gasteiger partial charge on any atom is -0.497 e. The number of hydrogen-bond donors (Lipinski definition) is 0. The molecule has 0 aromatic heterocycles. The number of benzene rings is 3. The third kappa shape index (κ3) is 5.36. The highest BCUT2D eigenvalue weighted by atomic mass is 19.4. The Bertz CT molecular complexity index is 1430. The summed E-state index contributed by atoms with van der Waals surface area (Å²) in [5, 5.41) is 0. The zero-order chi connectivity index (χ0) is 27.9. The fourth-order valence-corrected chi connectivity index (χ4v) is 4.41. The molecule has 2 aliphatic rings. The van der Waals surface area contributed by atoms with Gasteiger partial charge in [-0.3, -0.25) is 4.79 Å². The first kappa shape index (κ1) is 26.4. The van der Waals surface area contributed by atoms with Crippen LogP contribution in [0.25, 0.3) is 0 Å². The number of fused-ring (bicyclic) bond motifs is 2. The molecule has 5 rings (SSSR count). The minimum atomic E-state index is -4.57. The molecule has 0 saturated carbocycles. The maximum absolute atomic E-state index is 13.4. The van der Waals surface area contributed by atoms with Gasteiger partial charge >= 0.3 is 12.4 Å². The van der Waals surface area contributed by atoms with Gasteiger partial charge in [0.05, 0.1) is 23.8 Å². The molecule has 1 fully saturated rings. The maximum atomic E-state index is 13.4. The highest BCUT2D eigenvalue weighted by Crippen LogP contribution is 2.42. The Morgan fingerprint density at radius 3 is 2.05 bits per heavy atom. The normalized spacial score (nSPS) is 15.5. The molecule has 1 amide bonds. The van der Waals surface area contributed by atoms with Crippen LogP contribution in [0.4, 0.5) is 32.0 Å². The third-order valence-electron chi connectivity index (χ3n) is 6.49. The van der Waals surface area contributed by atoms with Crippen molar-refractivity contribution in [3.05, 3.63) is 82.9 Å². The smallest absolute Gasteiger partial charge is 0.416 e. The Morgan fingerprint density at radius 1 is 0.821 bits per heavy atom. The van der Waals surface area contributed by atoms with Crippen molar-refractivity contribution in [2.45, 2.75) is 12.4 Å². The summed E-state index contributed by atoms with van der Waals surface area (Å²) in [6, 6.07) is 12.0. The van der Waals surface area contributed by atoms with Crippen LogP contribution >= 0.6 is 0 Å². The second kappa shape index (κ2) is 9.83. The Balaban J connectivity index is 1.42. The lowest BCUT2D eigenvalue weighted by Gasteiger charge is -2.36. The number of nitrogens with zero attached hydrogens (tertiary/aromatic N) is 3. The van der Waals surface area contributed by atoms with Crippen molar-refractivity contribution in [1.29, 1.82) is 0 Å². The van der Waals surface area contributed by atoms with Crippen molar-refractivity contribution in [3.8, 4) is 17.2 Å². The quantitative estimate of drug-likeness (QED) is 0.349. The fraction of sp³-hybridized carbons (Fsp3) is 0.259. The van der Waals surface area contributed by atoms with Crippen molar-refractivity contribution in [1.82, 2.24) is 9.80 Å². The summed E-state index contributed by atoms with van der Waals surface area (Å²) in [7, 11) is 1.48. The molecule has 2 heterocycles. The van der Waals surface area contributed by atoms with Crippen LogP contribution in [0.3, 0.4) is 0 Å². The molecule has 0 radical (unpaired) electrons. The molecule has 204 valence electrons. The highest BCUT2D eigenvalue weighted by molar-refractivity contribution is 6.04. The minimum absolute atomic E-state index is 0.00162. The molecule has 0 N–H and O–H groups in total. The van der Waals surface area contributed by atoms with Crippen LogP contribution in [0.15, 0.2) is 65.7 Å². The number of ether oxygens (including phenoxy) is 2. The number of amidine groups is 1. The van der Waals surface area contributed by atoms with E-state index in [-0.39, 0.29) is 43.2 Å². The SMILES string of the molecule is COc1ccc2c(c1)C(N1CCN(C(=O)c3ccc(C(F)(F)F)cc3)CC1)=Nc1cc(C(F)(F)F)ccc1O2. The van der Waals surface area contributed by atoms with Crippen molar-refractivity contribution < 1.29 is 40.6 Å². The Labute approximate surface area is 219 Å². The van der Waals surface area contributed by atoms with Crippen molar-refractivity contribution in [2.24, 2.45) is 4.99 Å². The molecule has 3 aromatic carbocycles. The summed E-state index contributed by atoms with van der Waals surface area (Å²) >= 11 is 0. The number of carbonyl (C=O) groups excluding carboxylic acids is 1. The summed E-state index contributed by atoms with van der Waals surface area (Å²) in [6.07, 6.45) is -9.08. The molecule has 1 saturated heterocycles. The van der Waals surface area contributed by atoms with Gasteiger partial charge in [-0.15, -0.1) is 0 Å². The van der Waals surface area contributed by atoms with Gasteiger partial charge in [0.1, 0.15) is 23.0 Å². The lowest BCUT2D eigenvalue weighted by Crippen LogP contribution is -2.50. The standard InChI is InChI=1S/C27H21F6N3O3/c1-38-19-7-9-22-20(15-19)24(34-21-14-18(27(31,32)33)6-8-23(21)39-22)35-10-12-36(13-11-35)25(37)16-2-4-17(5-3-16)26(28,29)30/h2-9,14-15H,10-13H2,1H3. The predicted octanol–water partition coefficient (Wildman–Crippen LogP) is 6.37. The van der Waals surface area contributed by atoms with Gasteiger partial charge in [0.25, 0.3) is 5.91 Å². The zero-order valence-electron chi connectivity index (χ0n) is 20.4. The van der Waals surface area contributed by atoms with Crippen molar-refractivity contribution in [2.75, 3.05) is 33.3 Å². The van der Waals surface area contributed by atoms with E-state index in [1.165, 1.54) is 18.1 Å². The monoisotopic (exact) mass is 549 g/mol. The van der Waals surface area contributed by atoms with Gasteiger partial charge in [-0.2, -0.15) is 26.3 Å². The van der Waals surface area contributed by atoms with Gasteiger partial charge in [0.15, 0.2) is 5.75 Å². The van der Waals surface area contributed by atoms with E-state index in [9.17, 15) is 31.1 Å². The number of methoxy groups -OCH3 is 1. The Kier molecular flexibility index (Phi) is 6.65. The van der Waals surface area contributed by atoms with Gasteiger partial charge in [0.2, 0.25) is 0 Å². The topological polar surface area (TPSA) is 54.4 Å². The van der Waals surface area contributed by atoms with Crippen LogP contribution in [0, 0.1) is 0 Å². The second-order valence-electron chi connectivity index (χ2n) is 8.93. The molecule has 3 aromatic rings. The molecule has 0 bridgehead atoms. The maximum Gasteiger partial charge on any atom is 0.416 e. The van der Waals surface area contributed by atoms with E-state index in [1.807, 2.05) is 4.90 Å². The first-order valence-corrected chi connectivity index (χ1v) is 11.8. The summed E-state index contributed by atoms with van der Waals surface area (Å²) in [6.45, 7) is 0.981. The lowest BCUT2D eigenvalue weighted by atomic mass is 10.1. The number of rotatable bonds is 2. The average Bonchev–Trinajstić information content (AvgIpc) is 3.07. The van der Waals surface area contributed by atoms with Crippen LogP contribution in [0.5, 0.6) is 17.2 Å². The van der Waals surface area contributed by atoms with Gasteiger partial charge in [-0.1, -0.05) is 0 Å². The molecule has 0 unspecified atom stereocenters. The van der Waals surface area contributed by atoms with E-state index >= 15 is 0 Å². The number of alkyl halides is 6. The van der Waals surface area contributed by atoms with E-state index in [2.05, 4.69) is 4.99 Å². The van der Waals surface area contributed by atoms with E-state index in [1.54, 1.807) is 18.2 Å². The zero-order valence-corrected chi connectivity index (χ0v) is 20.4. The first-order chi connectivity index (χ1) is 18.4. The highest BCUT2D eigenvalue weighted by Gasteiger charge is 2.34. The molecule has 6 nitrogen and oxygen atoms in total. The number of amides is 1. The first-order valence-electron chi connectivity index (χ1n) is 11.8. The molecule has 12 heteroatoms. The number of carbonyl (C=O) groups is 1. The molecular weight excluding hydrogens is 528 g/mol. The third-order valence-corrected chi connectivity index (χ3v) is 6.49. The Hall–Kier alpha value is -4.22. The van der Waals surface area contributed by atoms with Crippen LogP contribution < -0.4 is 9.47 Å². The molecule has 2 aliphatic heterocycles. The number of aliphatic imine (C=N–C) groups is 1. The van der Waals surface area contributed by atoms with Crippen LogP contribution in [0.2, 0.25) is 0 Å². The summed E-state index contributed by atoms with van der Waals surface area (Å²) in [5.74, 6) is 0.945. The summed E-state index contributed by atoms with van der Waals surface area (Å²) < 4.78 is 90.1. The second-order valence-corrected chi connectivity index (χ2v) is 8.93. The van der Waals surface area contributed by atoms with Crippen LogP contribution in [0.1, 0.15) is 27.0 Å². The van der Waals surface area contributed by atoms with Crippen LogP contribution in [-0.4, -0.2) is 54.8 Å². The number of piperazine rings is 1. The van der Waals surface area contributed by atoms with Crippen molar-refractivity contribution in [3.63, 3.8) is 0 Å². The lowest BCUT2D eigenvalue weighted by molar-refractivity contribution is -0.138. The summed E-state index contributed by atoms with van der Waals surface area (Å²) in [4.78, 5) is 20.8. The van der Waals surface area contributed by atoms with E-state index < -0.39 is 29.4 Å². The van der Waals surface area contributed by atoms with Crippen LogP contribution in [-0.2, 0) is 12.4 Å². The van der Waals surface area contributed by atoms with Gasteiger partial charge in [-0.05, 0) is 60.7 Å². The molecule has 0 aliphatic carbocycles. The molecule has 0 spiro atoms. The Morgan fingerprint density at radius 2 is 1.44 bits per heavy atom. The predicted molar refractivity (Wildman–Crippen MR) is 130 cm³/mol. The van der Waals surface area contributed by atoms with E-state index in [0.29, 0.717) is 22.9 Å². The molecule has 39 heavy (non-hydrogen) atoms. The molecule has 0 atom stereocenters. The number of hydrogen-bond acceptors (Lipinski definition) is 5. The number of halogens is 6. The van der Waals surface area contributed by atoms with Gasteiger partial charge in [0, 0.05) is 31.7 Å². The molecular formula is C27H21F6N3O3. The van der Waals surface area contributed by atoms with Gasteiger partial charge in [-0.25, -0.2) is 4.99 Å². The van der Waals surface area contributed by atoms with E-state index in [0.717, 1.165) is 36.4 Å². The largest absolute Gasteiger partial charge is 0.497 e. The van der Waals surface area contributed by atoms with E-state index in [4.69, 9.17) is 9.47 Å². The average molecular weight is 549 g/mol. The van der Waals surface area contributed by atoms with Gasteiger partial charge < -0.3 is 19.3 Å². The van der Waals surface area contributed by atoms with Crippen molar-refractivity contribution >= 4 is 17.4 Å².